The molecule has 1 aromatic heterocycles. The van der Waals surface area contributed by atoms with E-state index in [9.17, 15) is 4.79 Å². The van der Waals surface area contributed by atoms with E-state index in [4.69, 9.17) is 14.9 Å². The van der Waals surface area contributed by atoms with Gasteiger partial charge in [-0.05, 0) is 38.3 Å². The second kappa shape index (κ2) is 12.2. The quantitative estimate of drug-likeness (QED) is 0.259. The van der Waals surface area contributed by atoms with Crippen LogP contribution in [0.3, 0.4) is 0 Å². The molecule has 0 amide bonds. The number of halogens is 1. The fourth-order valence-corrected chi connectivity index (χ4v) is 2.14. The smallest absolute Gasteiger partial charge is 0.374 e. The summed E-state index contributed by atoms with van der Waals surface area (Å²) in [5.74, 6) is 1.40. The highest BCUT2D eigenvalue weighted by Gasteiger charge is 2.11. The van der Waals surface area contributed by atoms with Crippen LogP contribution in [0.1, 0.15) is 63.3 Å². The fourth-order valence-electron chi connectivity index (χ4n) is 2.14. The Morgan fingerprint density at radius 2 is 2.04 bits per heavy atom. The average Bonchev–Trinajstić information content (AvgIpc) is 2.94. The van der Waals surface area contributed by atoms with Gasteiger partial charge in [0.1, 0.15) is 12.3 Å². The molecule has 0 radical (unpaired) electrons. The van der Waals surface area contributed by atoms with Crippen LogP contribution in [0.4, 0.5) is 0 Å². The number of hydrogen-bond donors (Lipinski definition) is 2. The normalized spacial score (nSPS) is 12.6. The van der Waals surface area contributed by atoms with Crippen molar-refractivity contribution in [3.05, 3.63) is 23.7 Å². The predicted molar refractivity (Wildman–Crippen MR) is 107 cm³/mol. The van der Waals surface area contributed by atoms with Crippen LogP contribution >= 0.6 is 24.0 Å². The van der Waals surface area contributed by atoms with Gasteiger partial charge in [-0.1, -0.05) is 26.7 Å². The van der Waals surface area contributed by atoms with Crippen LogP contribution in [-0.2, 0) is 11.3 Å². The number of carbonyl (C=O) groups is 1. The Bertz CT molecular complexity index is 515. The zero-order valence-electron chi connectivity index (χ0n) is 15.0. The molecule has 0 bridgehead atoms. The number of aliphatic imine (C=N–C) groups is 1. The van der Waals surface area contributed by atoms with Crippen molar-refractivity contribution in [2.45, 2.75) is 59.5 Å². The molecule has 1 aromatic rings. The summed E-state index contributed by atoms with van der Waals surface area (Å²) in [7, 11) is 0. The maximum atomic E-state index is 11.5. The minimum absolute atomic E-state index is 0. The first-order valence-electron chi connectivity index (χ1n) is 8.24. The molecule has 1 unspecified atom stereocenters. The zero-order chi connectivity index (χ0) is 17.2. The molecule has 7 heteroatoms. The first kappa shape index (κ1) is 22.8. The van der Waals surface area contributed by atoms with E-state index < -0.39 is 5.97 Å². The van der Waals surface area contributed by atoms with Gasteiger partial charge in [0, 0.05) is 6.04 Å². The van der Waals surface area contributed by atoms with Crippen molar-refractivity contribution >= 4 is 35.9 Å². The molecule has 0 fully saturated rings. The molecular formula is C17H30IN3O3. The maximum absolute atomic E-state index is 11.5. The Labute approximate surface area is 161 Å². The van der Waals surface area contributed by atoms with Crippen molar-refractivity contribution in [1.82, 2.24) is 5.32 Å². The summed E-state index contributed by atoms with van der Waals surface area (Å²) >= 11 is 0. The Balaban J connectivity index is 0.00000529. The number of rotatable bonds is 9. The molecule has 3 N–H and O–H groups in total. The van der Waals surface area contributed by atoms with E-state index in [2.05, 4.69) is 31.1 Å². The lowest BCUT2D eigenvalue weighted by molar-refractivity contribution is 0.0488. The largest absolute Gasteiger partial charge is 0.460 e. The number of nitrogens with zero attached hydrogens (tertiary/aromatic N) is 1. The van der Waals surface area contributed by atoms with Gasteiger partial charge in [0.2, 0.25) is 5.76 Å². The number of carbonyl (C=O) groups excluding carboxylic acids is 1. The van der Waals surface area contributed by atoms with Gasteiger partial charge in [-0.25, -0.2) is 9.79 Å². The summed E-state index contributed by atoms with van der Waals surface area (Å²) in [4.78, 5) is 15.7. The molecule has 0 aromatic carbocycles. The van der Waals surface area contributed by atoms with Crippen LogP contribution in [-0.4, -0.2) is 24.6 Å². The molecule has 1 atom stereocenters. The van der Waals surface area contributed by atoms with Crippen LogP contribution in [0, 0.1) is 5.92 Å². The molecule has 1 rings (SSSR count). The number of esters is 1. The second-order valence-corrected chi connectivity index (χ2v) is 6.06. The lowest BCUT2D eigenvalue weighted by atomic mass is 10.0. The van der Waals surface area contributed by atoms with Crippen LogP contribution in [0.25, 0.3) is 0 Å². The summed E-state index contributed by atoms with van der Waals surface area (Å²) in [6.45, 7) is 8.90. The molecule has 0 spiro atoms. The minimum Gasteiger partial charge on any atom is -0.460 e. The summed E-state index contributed by atoms with van der Waals surface area (Å²) in [6, 6.07) is 3.57. The molecule has 24 heavy (non-hydrogen) atoms. The third kappa shape index (κ3) is 9.14. The summed E-state index contributed by atoms with van der Waals surface area (Å²) in [5.41, 5.74) is 5.87. The fraction of sp³-hybridized carbons (Fsp3) is 0.647. The van der Waals surface area contributed by atoms with Crippen LogP contribution in [0.2, 0.25) is 0 Å². The van der Waals surface area contributed by atoms with E-state index in [-0.39, 0.29) is 42.3 Å². The number of nitrogens with one attached hydrogen (secondary N) is 1. The van der Waals surface area contributed by atoms with Crippen molar-refractivity contribution < 1.29 is 13.9 Å². The van der Waals surface area contributed by atoms with E-state index >= 15 is 0 Å². The van der Waals surface area contributed by atoms with E-state index in [1.807, 2.05) is 0 Å². The lowest BCUT2D eigenvalue weighted by Crippen LogP contribution is -2.38. The second-order valence-electron chi connectivity index (χ2n) is 6.06. The van der Waals surface area contributed by atoms with Crippen molar-refractivity contribution in [2.75, 3.05) is 6.61 Å². The Hall–Kier alpha value is -1.25. The van der Waals surface area contributed by atoms with Crippen molar-refractivity contribution in [2.24, 2.45) is 16.6 Å². The number of hydrogen-bond acceptors (Lipinski definition) is 4. The molecule has 1 heterocycles. The molecule has 6 nitrogen and oxygen atoms in total. The van der Waals surface area contributed by atoms with E-state index in [1.165, 1.54) is 12.8 Å². The van der Waals surface area contributed by atoms with Crippen LogP contribution in [0.5, 0.6) is 0 Å². The zero-order valence-corrected chi connectivity index (χ0v) is 17.3. The molecule has 0 aliphatic heterocycles. The number of nitrogens with two attached hydrogens (primary N) is 1. The highest BCUT2D eigenvalue weighted by atomic mass is 127. The van der Waals surface area contributed by atoms with Gasteiger partial charge < -0.3 is 20.2 Å². The van der Waals surface area contributed by atoms with Gasteiger partial charge in [0.15, 0.2) is 5.96 Å². The number of guanidine groups is 1. The van der Waals surface area contributed by atoms with Gasteiger partial charge in [-0.2, -0.15) is 0 Å². The van der Waals surface area contributed by atoms with Crippen molar-refractivity contribution in [3.63, 3.8) is 0 Å². The molecule has 0 aliphatic carbocycles. The van der Waals surface area contributed by atoms with Crippen molar-refractivity contribution in [1.29, 1.82) is 0 Å². The molecule has 138 valence electrons. The van der Waals surface area contributed by atoms with E-state index in [1.54, 1.807) is 19.1 Å². The van der Waals surface area contributed by atoms with Gasteiger partial charge in [0.05, 0.1) is 6.61 Å². The predicted octanol–water partition coefficient (Wildman–Crippen LogP) is 3.69. The van der Waals surface area contributed by atoms with Crippen LogP contribution in [0.15, 0.2) is 21.5 Å². The third-order valence-electron chi connectivity index (χ3n) is 3.36. The monoisotopic (exact) mass is 451 g/mol. The van der Waals surface area contributed by atoms with E-state index in [0.29, 0.717) is 18.3 Å². The minimum atomic E-state index is -0.465. The summed E-state index contributed by atoms with van der Waals surface area (Å²) in [5, 5.41) is 3.17. The molecule has 0 saturated heterocycles. The Kier molecular flexibility index (Phi) is 11.5. The standard InChI is InChI=1S/C17H29N3O3.HI/c1-5-22-16(21)15-10-9-14(23-15)11-19-17(18)20-13(4)8-6-7-12(2)3;/h9-10,12-13H,5-8,11H2,1-4H3,(H3,18,19,20);1H. The maximum Gasteiger partial charge on any atom is 0.374 e. The van der Waals surface area contributed by atoms with Gasteiger partial charge >= 0.3 is 5.97 Å². The first-order valence-corrected chi connectivity index (χ1v) is 8.24. The SMILES string of the molecule is CCOC(=O)c1ccc(CN=C(N)NC(C)CCCC(C)C)o1.I. The highest BCUT2D eigenvalue weighted by molar-refractivity contribution is 14.0. The molecule has 0 aliphatic rings. The third-order valence-corrected chi connectivity index (χ3v) is 3.36. The highest BCUT2D eigenvalue weighted by Crippen LogP contribution is 2.11. The lowest BCUT2D eigenvalue weighted by Gasteiger charge is -2.14. The van der Waals surface area contributed by atoms with Crippen LogP contribution < -0.4 is 11.1 Å². The Morgan fingerprint density at radius 1 is 1.33 bits per heavy atom. The number of ether oxygens (including phenoxy) is 1. The van der Waals surface area contributed by atoms with Crippen molar-refractivity contribution in [3.8, 4) is 0 Å². The summed E-state index contributed by atoms with van der Waals surface area (Å²) < 4.78 is 10.2. The Morgan fingerprint density at radius 3 is 2.67 bits per heavy atom. The summed E-state index contributed by atoms with van der Waals surface area (Å²) in [6.07, 6.45) is 3.44. The topological polar surface area (TPSA) is 89.8 Å². The first-order chi connectivity index (χ1) is 10.9. The van der Waals surface area contributed by atoms with E-state index in [0.717, 1.165) is 12.3 Å². The number of furan rings is 1. The van der Waals surface area contributed by atoms with Gasteiger partial charge in [0.25, 0.3) is 0 Å². The van der Waals surface area contributed by atoms with Gasteiger partial charge in [-0.15, -0.1) is 24.0 Å². The molecule has 0 saturated carbocycles. The average molecular weight is 451 g/mol. The van der Waals surface area contributed by atoms with Gasteiger partial charge in [-0.3, -0.25) is 0 Å². The molecular weight excluding hydrogens is 421 g/mol.